The van der Waals surface area contributed by atoms with Gasteiger partial charge >= 0.3 is 5.97 Å². The Balaban J connectivity index is 1.51. The number of benzene rings is 2. The predicted molar refractivity (Wildman–Crippen MR) is 115 cm³/mol. The molecule has 164 valence electrons. The number of carbonyl (C=O) groups excluding carboxylic acids is 3. The maximum atomic E-state index is 13.0. The van der Waals surface area contributed by atoms with Gasteiger partial charge in [0, 0.05) is 6.42 Å². The fourth-order valence-electron chi connectivity index (χ4n) is 3.55. The Labute approximate surface area is 185 Å². The number of aryl methyl sites for hydroxylation is 2. The van der Waals surface area contributed by atoms with Crippen molar-refractivity contribution in [1.82, 2.24) is 10.1 Å². The third-order valence-corrected chi connectivity index (χ3v) is 5.16. The number of carbonyl (C=O) groups is 3. The highest BCUT2D eigenvalue weighted by Crippen LogP contribution is 2.32. The van der Waals surface area contributed by atoms with Crippen LogP contribution in [0, 0.1) is 19.8 Å². The summed E-state index contributed by atoms with van der Waals surface area (Å²) in [5, 5.41) is 3.86. The number of hydrogen-bond acceptors (Lipinski definition) is 7. The lowest BCUT2D eigenvalue weighted by Crippen LogP contribution is -2.30. The Morgan fingerprint density at radius 1 is 1.06 bits per heavy atom. The first-order valence-electron chi connectivity index (χ1n) is 10.3. The van der Waals surface area contributed by atoms with Crippen molar-refractivity contribution in [2.45, 2.75) is 40.7 Å². The zero-order valence-electron chi connectivity index (χ0n) is 18.3. The van der Waals surface area contributed by atoms with Crippen molar-refractivity contribution < 1.29 is 23.6 Å². The van der Waals surface area contributed by atoms with Gasteiger partial charge in [0.25, 0.3) is 17.7 Å². The molecule has 0 saturated carbocycles. The third kappa shape index (κ3) is 4.03. The maximum Gasteiger partial charge on any atom is 0.338 e. The molecule has 0 fully saturated rings. The van der Waals surface area contributed by atoms with Gasteiger partial charge in [-0.05, 0) is 55.2 Å². The first-order valence-corrected chi connectivity index (χ1v) is 10.3. The van der Waals surface area contributed by atoms with E-state index >= 15 is 0 Å². The van der Waals surface area contributed by atoms with Crippen molar-refractivity contribution in [1.29, 1.82) is 0 Å². The number of fused-ring (bicyclic) bond motifs is 1. The van der Waals surface area contributed by atoms with Crippen molar-refractivity contribution in [3.8, 4) is 0 Å². The summed E-state index contributed by atoms with van der Waals surface area (Å²) in [7, 11) is 0. The number of amides is 2. The van der Waals surface area contributed by atoms with E-state index in [4.69, 9.17) is 9.26 Å². The van der Waals surface area contributed by atoms with Crippen LogP contribution in [0.1, 0.15) is 67.8 Å². The summed E-state index contributed by atoms with van der Waals surface area (Å²) in [6.45, 7) is 7.63. The molecule has 2 aromatic carbocycles. The molecule has 2 heterocycles. The van der Waals surface area contributed by atoms with Crippen LogP contribution >= 0.6 is 0 Å². The Kier molecular flexibility index (Phi) is 5.61. The van der Waals surface area contributed by atoms with Gasteiger partial charge in [0.15, 0.2) is 12.4 Å². The molecule has 1 aliphatic heterocycles. The summed E-state index contributed by atoms with van der Waals surface area (Å²) in [6.07, 6.45) is 0.662. The Morgan fingerprint density at radius 3 is 2.56 bits per heavy atom. The molecule has 32 heavy (non-hydrogen) atoms. The van der Waals surface area contributed by atoms with Gasteiger partial charge in [-0.2, -0.15) is 4.98 Å². The Hall–Kier alpha value is -3.81. The van der Waals surface area contributed by atoms with Crippen LogP contribution < -0.4 is 4.90 Å². The summed E-state index contributed by atoms with van der Waals surface area (Å²) in [5.41, 5.74) is 2.86. The first-order chi connectivity index (χ1) is 15.2. The third-order valence-electron chi connectivity index (χ3n) is 5.16. The van der Waals surface area contributed by atoms with E-state index in [0.29, 0.717) is 23.9 Å². The van der Waals surface area contributed by atoms with E-state index in [9.17, 15) is 14.4 Å². The van der Waals surface area contributed by atoms with E-state index in [1.54, 1.807) is 6.07 Å². The van der Waals surface area contributed by atoms with Gasteiger partial charge in [0.2, 0.25) is 0 Å². The molecule has 8 heteroatoms. The van der Waals surface area contributed by atoms with E-state index in [1.165, 1.54) is 18.2 Å². The number of rotatable bonds is 6. The van der Waals surface area contributed by atoms with Crippen LogP contribution in [-0.4, -0.2) is 27.9 Å². The molecule has 0 N–H and O–H groups in total. The number of ether oxygens (including phenoxy) is 1. The first kappa shape index (κ1) is 21.4. The van der Waals surface area contributed by atoms with Gasteiger partial charge in [-0.3, -0.25) is 9.59 Å². The molecule has 2 amide bonds. The molecule has 0 bridgehead atoms. The second-order valence-electron chi connectivity index (χ2n) is 8.27. The fourth-order valence-corrected chi connectivity index (χ4v) is 3.55. The summed E-state index contributed by atoms with van der Waals surface area (Å²) in [5.74, 6) is -0.410. The zero-order chi connectivity index (χ0) is 23.0. The minimum atomic E-state index is -0.651. The Morgan fingerprint density at radius 2 is 1.81 bits per heavy atom. The molecule has 0 radical (unpaired) electrons. The quantitative estimate of drug-likeness (QED) is 0.427. The highest BCUT2D eigenvalue weighted by atomic mass is 16.6. The number of anilines is 1. The summed E-state index contributed by atoms with van der Waals surface area (Å²) in [6, 6.07) is 9.91. The normalized spacial score (nSPS) is 13.1. The second-order valence-corrected chi connectivity index (χ2v) is 8.27. The number of hydrogen-bond donors (Lipinski definition) is 0. The van der Waals surface area contributed by atoms with Crippen LogP contribution in [0.15, 0.2) is 40.9 Å². The Bertz CT molecular complexity index is 1230. The zero-order valence-corrected chi connectivity index (χ0v) is 18.3. The molecule has 3 aromatic rings. The van der Waals surface area contributed by atoms with Gasteiger partial charge in [0.05, 0.1) is 22.4 Å². The van der Waals surface area contributed by atoms with E-state index in [-0.39, 0.29) is 29.2 Å². The molecular weight excluding hydrogens is 410 g/mol. The monoisotopic (exact) mass is 433 g/mol. The molecule has 0 aliphatic carbocycles. The van der Waals surface area contributed by atoms with Gasteiger partial charge in [-0.25, -0.2) is 9.69 Å². The highest BCUT2D eigenvalue weighted by Gasteiger charge is 2.38. The summed E-state index contributed by atoms with van der Waals surface area (Å²) >= 11 is 0. The molecule has 1 aromatic heterocycles. The van der Waals surface area contributed by atoms with Crippen molar-refractivity contribution in [2.75, 3.05) is 4.90 Å². The van der Waals surface area contributed by atoms with E-state index in [0.717, 1.165) is 16.0 Å². The molecule has 4 rings (SSSR count). The van der Waals surface area contributed by atoms with E-state index < -0.39 is 17.8 Å². The highest BCUT2D eigenvalue weighted by molar-refractivity contribution is 6.35. The largest absolute Gasteiger partial charge is 0.452 e. The van der Waals surface area contributed by atoms with Gasteiger partial charge in [-0.1, -0.05) is 31.1 Å². The van der Waals surface area contributed by atoms with Crippen LogP contribution in [0.4, 0.5) is 5.69 Å². The number of aromatic nitrogens is 2. The number of imide groups is 1. The average molecular weight is 433 g/mol. The molecule has 0 spiro atoms. The van der Waals surface area contributed by atoms with Crippen molar-refractivity contribution in [3.63, 3.8) is 0 Å². The predicted octanol–water partition coefficient (Wildman–Crippen LogP) is 4.04. The van der Waals surface area contributed by atoms with Crippen LogP contribution in [0.2, 0.25) is 0 Å². The molecule has 8 nitrogen and oxygen atoms in total. The van der Waals surface area contributed by atoms with E-state index in [2.05, 4.69) is 10.1 Å². The van der Waals surface area contributed by atoms with Gasteiger partial charge < -0.3 is 9.26 Å². The lowest BCUT2D eigenvalue weighted by Gasteiger charge is -2.17. The maximum absolute atomic E-state index is 13.0. The average Bonchev–Trinajstić information content (AvgIpc) is 3.29. The lowest BCUT2D eigenvalue weighted by molar-refractivity contribution is 0.0429. The van der Waals surface area contributed by atoms with Crippen LogP contribution in [-0.2, 0) is 17.8 Å². The molecule has 1 aliphatic rings. The van der Waals surface area contributed by atoms with Gasteiger partial charge in [0.1, 0.15) is 0 Å². The second kappa shape index (κ2) is 8.37. The smallest absolute Gasteiger partial charge is 0.338 e. The lowest BCUT2D eigenvalue weighted by atomic mass is 10.1. The van der Waals surface area contributed by atoms with Crippen LogP contribution in [0.3, 0.4) is 0 Å². The molecule has 0 saturated heterocycles. The number of esters is 1. The van der Waals surface area contributed by atoms with Gasteiger partial charge in [-0.15, -0.1) is 0 Å². The minimum absolute atomic E-state index is 0.162. The van der Waals surface area contributed by atoms with Crippen LogP contribution in [0.25, 0.3) is 0 Å². The molecule has 0 unspecified atom stereocenters. The molecule has 0 atom stereocenters. The van der Waals surface area contributed by atoms with E-state index in [1.807, 2.05) is 39.8 Å². The number of nitrogens with zero attached hydrogens (tertiary/aromatic N) is 3. The standard InChI is InChI=1S/C24H23N3O5/c1-13(2)9-20-25-21(32-26-20)12-31-24(30)16-7-8-17-18(11-16)23(29)27(22(17)28)19-10-14(3)5-6-15(19)4/h5-8,10-11,13H,9,12H2,1-4H3. The van der Waals surface area contributed by atoms with Crippen LogP contribution in [0.5, 0.6) is 0 Å². The van der Waals surface area contributed by atoms with Crippen molar-refractivity contribution in [3.05, 3.63) is 75.9 Å². The van der Waals surface area contributed by atoms with Crippen molar-refractivity contribution in [2.24, 2.45) is 5.92 Å². The topological polar surface area (TPSA) is 103 Å². The summed E-state index contributed by atoms with van der Waals surface area (Å²) in [4.78, 5) is 43.8. The minimum Gasteiger partial charge on any atom is -0.452 e. The fraction of sp³-hybridized carbons (Fsp3) is 0.292. The van der Waals surface area contributed by atoms with Crippen molar-refractivity contribution >= 4 is 23.5 Å². The SMILES string of the molecule is Cc1ccc(C)c(N2C(=O)c3ccc(C(=O)OCc4nc(CC(C)C)no4)cc3C2=O)c1. The summed E-state index contributed by atoms with van der Waals surface area (Å²) < 4.78 is 10.4. The molecular formula is C24H23N3O5.